The van der Waals surface area contributed by atoms with Gasteiger partial charge in [-0.3, -0.25) is 0 Å². The topological polar surface area (TPSA) is 12.5 Å². The van der Waals surface area contributed by atoms with Crippen LogP contribution in [-0.2, 0) is 11.8 Å². The Balaban J connectivity index is 1.05. The molecule has 0 aromatic heterocycles. The maximum Gasteiger partial charge on any atom is 0.131 e. The van der Waals surface area contributed by atoms with Gasteiger partial charge in [0, 0.05) is 28.5 Å². The molecule has 0 radical (unpaired) electrons. The molecule has 306 valence electrons. The van der Waals surface area contributed by atoms with E-state index in [1.165, 1.54) is 83.5 Å². The Morgan fingerprint density at radius 1 is 0.354 bits per heavy atom. The zero-order valence-corrected chi connectivity index (χ0v) is 35.7. The molecule has 0 saturated carbocycles. The van der Waals surface area contributed by atoms with Crippen LogP contribution in [0.2, 0.25) is 0 Å². The van der Waals surface area contributed by atoms with Gasteiger partial charge in [0.2, 0.25) is 0 Å². The maximum absolute atomic E-state index is 6.71. The number of hydrogen-bond acceptors (Lipinski definition) is 2. The van der Waals surface area contributed by atoms with Crippen molar-refractivity contribution >= 4 is 17.1 Å². The van der Waals surface area contributed by atoms with E-state index in [4.69, 9.17) is 4.74 Å². The van der Waals surface area contributed by atoms with E-state index in [0.29, 0.717) is 0 Å². The quantitative estimate of drug-likeness (QED) is 0.166. The zero-order chi connectivity index (χ0) is 42.9. The van der Waals surface area contributed by atoms with Gasteiger partial charge in [0.15, 0.2) is 0 Å². The fourth-order valence-electron chi connectivity index (χ4n) is 11.3. The first-order valence-corrected chi connectivity index (χ1v) is 22.7. The molecular weight excluding hydrogens is 787 g/mol. The number of nitrogens with zero attached hydrogens (tertiary/aromatic N) is 1. The molecule has 1 heterocycles. The molecule has 0 saturated heterocycles. The summed E-state index contributed by atoms with van der Waals surface area (Å²) >= 11 is 0. The SMILES string of the molecule is c1ccc(-c2ccc(N(c3ccc(-c4ccccc4)cc3)c3ccc4c(c3)C3(c5ccccc5-c5ccccc53)c3cccc(C5Cc6ccccc6Oc6ccccc65)c3-4)cc2)cc1. The Labute approximate surface area is 380 Å². The third kappa shape index (κ3) is 5.81. The molecular formula is C63H43NO. The molecule has 0 N–H and O–H groups in total. The van der Waals surface area contributed by atoms with E-state index >= 15 is 0 Å². The van der Waals surface area contributed by atoms with Crippen LogP contribution in [0.15, 0.2) is 243 Å². The number of para-hydroxylation sites is 2. The summed E-state index contributed by atoms with van der Waals surface area (Å²) in [4.78, 5) is 2.43. The lowest BCUT2D eigenvalue weighted by molar-refractivity contribution is 0.478. The van der Waals surface area contributed by atoms with Gasteiger partial charge in [-0.05, 0) is 133 Å². The minimum absolute atomic E-state index is 0.0714. The third-order valence-electron chi connectivity index (χ3n) is 14.1. The Bertz CT molecular complexity index is 3300. The van der Waals surface area contributed by atoms with E-state index in [-0.39, 0.29) is 5.92 Å². The first-order chi connectivity index (χ1) is 32.2. The fraction of sp³-hybridized carbons (Fsp3) is 0.0476. The molecule has 1 aliphatic heterocycles. The van der Waals surface area contributed by atoms with E-state index in [1.54, 1.807) is 0 Å². The van der Waals surface area contributed by atoms with Crippen LogP contribution < -0.4 is 9.64 Å². The smallest absolute Gasteiger partial charge is 0.131 e. The molecule has 1 spiro atoms. The van der Waals surface area contributed by atoms with Crippen LogP contribution in [0.1, 0.15) is 44.9 Å². The lowest BCUT2D eigenvalue weighted by Crippen LogP contribution is -2.26. The van der Waals surface area contributed by atoms with E-state index in [1.807, 2.05) is 0 Å². The van der Waals surface area contributed by atoms with Crippen LogP contribution in [0.5, 0.6) is 11.5 Å². The van der Waals surface area contributed by atoms with Gasteiger partial charge in [0.05, 0.1) is 5.41 Å². The molecule has 3 aliphatic rings. The van der Waals surface area contributed by atoms with Crippen molar-refractivity contribution in [2.45, 2.75) is 17.8 Å². The van der Waals surface area contributed by atoms with Gasteiger partial charge in [0.1, 0.15) is 11.5 Å². The molecule has 10 aromatic carbocycles. The van der Waals surface area contributed by atoms with E-state index < -0.39 is 5.41 Å². The number of fused-ring (bicyclic) bond motifs is 12. The third-order valence-corrected chi connectivity index (χ3v) is 14.1. The highest BCUT2D eigenvalue weighted by Crippen LogP contribution is 2.65. The number of ether oxygens (including phenoxy) is 1. The van der Waals surface area contributed by atoms with Crippen molar-refractivity contribution in [3.63, 3.8) is 0 Å². The summed E-state index contributed by atoms with van der Waals surface area (Å²) in [6.07, 6.45) is 0.836. The van der Waals surface area contributed by atoms with Crippen molar-refractivity contribution in [3.05, 3.63) is 282 Å². The summed E-state index contributed by atoms with van der Waals surface area (Å²) in [7, 11) is 0. The van der Waals surface area contributed by atoms with Gasteiger partial charge in [-0.15, -0.1) is 0 Å². The van der Waals surface area contributed by atoms with E-state index in [0.717, 1.165) is 35.0 Å². The average molecular weight is 830 g/mol. The second kappa shape index (κ2) is 15.0. The normalized spacial score (nSPS) is 14.5. The summed E-state index contributed by atoms with van der Waals surface area (Å²) in [5, 5.41) is 0. The summed E-state index contributed by atoms with van der Waals surface area (Å²) < 4.78 is 6.71. The molecule has 0 fully saturated rings. The van der Waals surface area contributed by atoms with Crippen LogP contribution in [0, 0.1) is 0 Å². The second-order valence-electron chi connectivity index (χ2n) is 17.5. The molecule has 13 rings (SSSR count). The van der Waals surface area contributed by atoms with Gasteiger partial charge >= 0.3 is 0 Å². The number of anilines is 3. The molecule has 2 heteroatoms. The molecule has 10 aromatic rings. The van der Waals surface area contributed by atoms with E-state index in [2.05, 4.69) is 248 Å². The predicted octanol–water partition coefficient (Wildman–Crippen LogP) is 16.3. The minimum Gasteiger partial charge on any atom is -0.457 e. The summed E-state index contributed by atoms with van der Waals surface area (Å²) in [6.45, 7) is 0. The lowest BCUT2D eigenvalue weighted by Gasteiger charge is -2.32. The van der Waals surface area contributed by atoms with Crippen LogP contribution in [0.25, 0.3) is 44.5 Å². The van der Waals surface area contributed by atoms with Gasteiger partial charge in [0.25, 0.3) is 0 Å². The molecule has 2 aliphatic carbocycles. The summed E-state index contributed by atoms with van der Waals surface area (Å²) in [5.41, 5.74) is 21.8. The van der Waals surface area contributed by atoms with Gasteiger partial charge in [-0.2, -0.15) is 0 Å². The number of hydrogen-bond donors (Lipinski definition) is 0. The zero-order valence-electron chi connectivity index (χ0n) is 35.7. The molecule has 65 heavy (non-hydrogen) atoms. The van der Waals surface area contributed by atoms with Crippen molar-refractivity contribution in [1.29, 1.82) is 0 Å². The largest absolute Gasteiger partial charge is 0.457 e. The highest BCUT2D eigenvalue weighted by molar-refractivity contribution is 5.97. The van der Waals surface area contributed by atoms with Crippen LogP contribution in [-0.4, -0.2) is 0 Å². The first-order valence-electron chi connectivity index (χ1n) is 22.7. The summed E-state index contributed by atoms with van der Waals surface area (Å²) in [6, 6.07) is 89.2. The Morgan fingerprint density at radius 2 is 0.846 bits per heavy atom. The van der Waals surface area contributed by atoms with Crippen molar-refractivity contribution < 1.29 is 4.74 Å². The van der Waals surface area contributed by atoms with Gasteiger partial charge in [-0.1, -0.05) is 194 Å². The maximum atomic E-state index is 6.71. The van der Waals surface area contributed by atoms with Crippen molar-refractivity contribution in [2.75, 3.05) is 4.90 Å². The monoisotopic (exact) mass is 829 g/mol. The highest BCUT2D eigenvalue weighted by Gasteiger charge is 2.52. The van der Waals surface area contributed by atoms with E-state index in [9.17, 15) is 0 Å². The second-order valence-corrected chi connectivity index (χ2v) is 17.5. The number of rotatable bonds is 6. The average Bonchev–Trinajstić information content (AvgIpc) is 3.77. The molecule has 0 amide bonds. The van der Waals surface area contributed by atoms with Gasteiger partial charge in [-0.25, -0.2) is 0 Å². The summed E-state index contributed by atoms with van der Waals surface area (Å²) in [5.74, 6) is 1.93. The Kier molecular flexibility index (Phi) is 8.60. The molecule has 1 unspecified atom stereocenters. The minimum atomic E-state index is -0.539. The van der Waals surface area contributed by atoms with Crippen LogP contribution in [0.4, 0.5) is 17.1 Å². The first kappa shape index (κ1) is 37.4. The molecule has 0 bridgehead atoms. The highest BCUT2D eigenvalue weighted by atomic mass is 16.5. The predicted molar refractivity (Wildman–Crippen MR) is 267 cm³/mol. The standard InChI is InChI=1S/C63H43NO/c1-3-16-42(17-4-1)44-30-34-47(35-31-44)64(48-36-32-45(33-37-48)43-18-5-2-6-19-43)49-38-39-54-59(41-49)63(56-25-11-8-21-50(56)51-22-9-12-26-57(51)63)58-27-15-24-53(62(54)58)55-40-46-20-7-13-28-60(46)65-61-29-14-10-23-52(55)61/h1-39,41,55H,40H2. The molecule has 2 nitrogen and oxygen atoms in total. The number of benzene rings is 10. The van der Waals surface area contributed by atoms with Crippen molar-refractivity contribution in [3.8, 4) is 56.0 Å². The van der Waals surface area contributed by atoms with Crippen molar-refractivity contribution in [1.82, 2.24) is 0 Å². The van der Waals surface area contributed by atoms with Crippen LogP contribution in [0.3, 0.4) is 0 Å². The Hall–Kier alpha value is -8.20. The molecule has 1 atom stereocenters. The lowest BCUT2D eigenvalue weighted by atomic mass is 9.70. The Morgan fingerprint density at radius 3 is 1.49 bits per heavy atom. The van der Waals surface area contributed by atoms with Gasteiger partial charge < -0.3 is 9.64 Å². The fourth-order valence-corrected chi connectivity index (χ4v) is 11.3. The van der Waals surface area contributed by atoms with Crippen LogP contribution >= 0.6 is 0 Å². The van der Waals surface area contributed by atoms with Crippen molar-refractivity contribution in [2.24, 2.45) is 0 Å².